The molecule has 208 valence electrons. The van der Waals surface area contributed by atoms with Crippen molar-refractivity contribution in [3.63, 3.8) is 0 Å². The number of carbonyl (C=O) groups excluding carboxylic acids is 1. The molecule has 2 aliphatic heterocycles. The maximum atomic E-state index is 12.1. The molecular weight excluding hydrogens is 502 g/mol. The molecule has 5 nitrogen and oxygen atoms in total. The van der Waals surface area contributed by atoms with Crippen LogP contribution in [-0.2, 0) is 11.2 Å². The van der Waals surface area contributed by atoms with Crippen LogP contribution in [0.25, 0.3) is 0 Å². The molecule has 1 aromatic carbocycles. The van der Waals surface area contributed by atoms with Gasteiger partial charge in [-0.15, -0.1) is 0 Å². The molecule has 0 radical (unpaired) electrons. The van der Waals surface area contributed by atoms with Crippen molar-refractivity contribution in [1.29, 1.82) is 0 Å². The average molecular weight is 546 g/mol. The standard InChI is InChI=1S/C33H43N3O2S/c1-4-20-5-7-21(8-6-20)29-18-28(35-36(29)31-34-30(38)19-39-31)27-12-11-25-24-10-9-22-17-23(37)13-15-32(22,2)26(24)14-16-33(25,27)3/h5-9,23-27,29,37H,4,10-19H2,1-3H3/t23-,24-,25-,26-,27+,29?,32-,33-/m0/s1. The van der Waals surface area contributed by atoms with Gasteiger partial charge in [0, 0.05) is 18.1 Å². The second-order valence-electron chi connectivity index (χ2n) is 13.7. The van der Waals surface area contributed by atoms with Crippen molar-refractivity contribution in [2.45, 2.75) is 97.1 Å². The third kappa shape index (κ3) is 4.10. The number of allylic oxidation sites excluding steroid dienone is 1. The van der Waals surface area contributed by atoms with E-state index in [-0.39, 0.29) is 28.9 Å². The zero-order valence-electron chi connectivity index (χ0n) is 23.7. The molecule has 0 bridgehead atoms. The van der Waals surface area contributed by atoms with Gasteiger partial charge in [-0.25, -0.2) is 5.01 Å². The van der Waals surface area contributed by atoms with Crippen LogP contribution in [-0.4, -0.2) is 38.8 Å². The number of thioether (sulfide) groups is 1. The monoisotopic (exact) mass is 545 g/mol. The maximum Gasteiger partial charge on any atom is 0.258 e. The van der Waals surface area contributed by atoms with Crippen molar-refractivity contribution in [3.05, 3.63) is 47.0 Å². The molecule has 0 saturated heterocycles. The van der Waals surface area contributed by atoms with Gasteiger partial charge in [0.25, 0.3) is 5.91 Å². The number of hydrogen-bond acceptors (Lipinski definition) is 5. The number of aliphatic hydroxyl groups excluding tert-OH is 1. The van der Waals surface area contributed by atoms with Gasteiger partial charge in [0.2, 0.25) is 0 Å². The minimum absolute atomic E-state index is 0.0432. The molecule has 1 amide bonds. The van der Waals surface area contributed by atoms with Gasteiger partial charge in [0.05, 0.1) is 17.9 Å². The van der Waals surface area contributed by atoms with E-state index in [9.17, 15) is 9.90 Å². The summed E-state index contributed by atoms with van der Waals surface area (Å²) in [7, 11) is 0. The lowest BCUT2D eigenvalue weighted by Crippen LogP contribution is -2.51. The van der Waals surface area contributed by atoms with Crippen molar-refractivity contribution >= 4 is 28.5 Å². The first kappa shape index (κ1) is 26.0. The topological polar surface area (TPSA) is 65.3 Å². The molecular formula is C33H43N3O2S. The van der Waals surface area contributed by atoms with Crippen LogP contribution >= 0.6 is 11.8 Å². The summed E-state index contributed by atoms with van der Waals surface area (Å²) >= 11 is 1.54. The zero-order chi connectivity index (χ0) is 26.9. The molecule has 4 aliphatic carbocycles. The van der Waals surface area contributed by atoms with Gasteiger partial charge in [-0.2, -0.15) is 10.1 Å². The van der Waals surface area contributed by atoms with Gasteiger partial charge in [0.15, 0.2) is 5.17 Å². The van der Waals surface area contributed by atoms with Crippen molar-refractivity contribution in [3.8, 4) is 0 Å². The number of carbonyl (C=O) groups is 1. The van der Waals surface area contributed by atoms with Gasteiger partial charge < -0.3 is 5.11 Å². The molecule has 3 fully saturated rings. The molecule has 1 aromatic rings. The second kappa shape index (κ2) is 9.58. The molecule has 2 heterocycles. The lowest BCUT2D eigenvalue weighted by Gasteiger charge is -2.58. The van der Waals surface area contributed by atoms with E-state index in [2.05, 4.69) is 61.1 Å². The molecule has 0 aromatic heterocycles. The van der Waals surface area contributed by atoms with Crippen LogP contribution in [0.4, 0.5) is 0 Å². The fourth-order valence-corrected chi connectivity index (χ4v) is 10.5. The lowest BCUT2D eigenvalue weighted by atomic mass is 9.47. The molecule has 6 heteroatoms. The number of amidine groups is 1. The van der Waals surface area contributed by atoms with Gasteiger partial charge >= 0.3 is 0 Å². The van der Waals surface area contributed by atoms with E-state index in [1.807, 2.05) is 0 Å². The number of amides is 1. The van der Waals surface area contributed by atoms with Gasteiger partial charge in [-0.3, -0.25) is 4.79 Å². The summed E-state index contributed by atoms with van der Waals surface area (Å²) in [5, 5.41) is 18.6. The fraction of sp³-hybridized carbons (Fsp3) is 0.667. The first-order valence-corrected chi connectivity index (χ1v) is 16.4. The SMILES string of the molecule is CCc1ccc(C2CC([C@H]3CC[C@H]4[C@@H]5CC=C6C[C@@H](O)CC[C@]6(C)[C@H]5CC[C@]34C)=NN2C2=NC(=O)CS2)cc1. The summed E-state index contributed by atoms with van der Waals surface area (Å²) < 4.78 is 0. The summed E-state index contributed by atoms with van der Waals surface area (Å²) in [5.74, 6) is 3.12. The summed E-state index contributed by atoms with van der Waals surface area (Å²) in [6, 6.07) is 9.12. The van der Waals surface area contributed by atoms with Gasteiger partial charge in [0.1, 0.15) is 0 Å². The van der Waals surface area contributed by atoms with Crippen molar-refractivity contribution < 1.29 is 9.90 Å². The Morgan fingerprint density at radius 3 is 2.62 bits per heavy atom. The van der Waals surface area contributed by atoms with E-state index >= 15 is 0 Å². The Balaban J connectivity index is 1.18. The number of benzene rings is 1. The van der Waals surface area contributed by atoms with E-state index < -0.39 is 0 Å². The van der Waals surface area contributed by atoms with E-state index in [4.69, 9.17) is 5.10 Å². The van der Waals surface area contributed by atoms with Gasteiger partial charge in [-0.1, -0.05) is 68.4 Å². The summed E-state index contributed by atoms with van der Waals surface area (Å²) in [6.07, 6.45) is 13.7. The van der Waals surface area contributed by atoms with Crippen LogP contribution in [0.2, 0.25) is 0 Å². The predicted octanol–water partition coefficient (Wildman–Crippen LogP) is 6.92. The Labute approximate surface area is 237 Å². The number of rotatable bonds is 3. The number of hydrazone groups is 1. The zero-order valence-corrected chi connectivity index (χ0v) is 24.6. The van der Waals surface area contributed by atoms with Crippen LogP contribution in [0.1, 0.15) is 95.7 Å². The average Bonchev–Trinajstić information content (AvgIpc) is 3.65. The Bertz CT molecular complexity index is 1250. The Morgan fingerprint density at radius 1 is 1.05 bits per heavy atom. The largest absolute Gasteiger partial charge is 0.393 e. The maximum absolute atomic E-state index is 12.1. The Kier molecular flexibility index (Phi) is 6.39. The summed E-state index contributed by atoms with van der Waals surface area (Å²) in [5.41, 5.74) is 6.07. The minimum Gasteiger partial charge on any atom is -0.393 e. The van der Waals surface area contributed by atoms with Gasteiger partial charge in [-0.05, 0) is 97.5 Å². The first-order valence-electron chi connectivity index (χ1n) is 15.4. The molecule has 3 saturated carbocycles. The first-order chi connectivity index (χ1) is 18.8. The molecule has 39 heavy (non-hydrogen) atoms. The lowest BCUT2D eigenvalue weighted by molar-refractivity contribution is -0.115. The Hall–Kier alpha value is -1.92. The van der Waals surface area contributed by atoms with Crippen LogP contribution < -0.4 is 0 Å². The molecule has 7 rings (SSSR count). The highest BCUT2D eigenvalue weighted by molar-refractivity contribution is 8.14. The third-order valence-electron chi connectivity index (χ3n) is 11.9. The van der Waals surface area contributed by atoms with E-state index in [0.717, 1.165) is 55.0 Å². The van der Waals surface area contributed by atoms with Crippen molar-refractivity contribution in [2.75, 3.05) is 5.75 Å². The fourth-order valence-electron chi connectivity index (χ4n) is 9.76. The number of hydrogen-bond donors (Lipinski definition) is 1. The quantitative estimate of drug-likeness (QED) is 0.419. The molecule has 8 atom stereocenters. The highest BCUT2D eigenvalue weighted by Crippen LogP contribution is 2.67. The molecule has 6 aliphatic rings. The Morgan fingerprint density at radius 2 is 1.87 bits per heavy atom. The molecule has 1 N–H and O–H groups in total. The highest BCUT2D eigenvalue weighted by atomic mass is 32.2. The van der Waals surface area contributed by atoms with Crippen LogP contribution in [0.15, 0.2) is 46.0 Å². The normalized spacial score (nSPS) is 41.5. The second-order valence-corrected chi connectivity index (χ2v) is 14.6. The number of fused-ring (bicyclic) bond motifs is 5. The van der Waals surface area contributed by atoms with Crippen molar-refractivity contribution in [1.82, 2.24) is 5.01 Å². The molecule has 1 unspecified atom stereocenters. The number of aliphatic imine (C=N–C) groups is 1. The third-order valence-corrected chi connectivity index (χ3v) is 12.9. The van der Waals surface area contributed by atoms with Crippen LogP contribution in [0.3, 0.4) is 0 Å². The van der Waals surface area contributed by atoms with Crippen LogP contribution in [0.5, 0.6) is 0 Å². The summed E-state index contributed by atoms with van der Waals surface area (Å²) in [6.45, 7) is 7.30. The van der Waals surface area contributed by atoms with E-state index in [0.29, 0.717) is 11.7 Å². The number of aryl methyl sites for hydroxylation is 1. The minimum atomic E-state index is -0.141. The molecule has 0 spiro atoms. The summed E-state index contributed by atoms with van der Waals surface area (Å²) in [4.78, 5) is 16.5. The van der Waals surface area contributed by atoms with E-state index in [1.165, 1.54) is 48.9 Å². The smallest absolute Gasteiger partial charge is 0.258 e. The number of nitrogens with zero attached hydrogens (tertiary/aromatic N) is 3. The van der Waals surface area contributed by atoms with Crippen LogP contribution in [0, 0.1) is 34.5 Å². The van der Waals surface area contributed by atoms with E-state index in [1.54, 1.807) is 17.3 Å². The highest BCUT2D eigenvalue weighted by Gasteiger charge is 2.60. The number of aliphatic hydroxyl groups is 1. The van der Waals surface area contributed by atoms with Crippen molar-refractivity contribution in [2.24, 2.45) is 44.6 Å². The predicted molar refractivity (Wildman–Crippen MR) is 159 cm³/mol.